The summed E-state index contributed by atoms with van der Waals surface area (Å²) in [5.41, 5.74) is 7.64. The molecule has 3 unspecified atom stereocenters. The Morgan fingerprint density at radius 3 is 2.94 bits per heavy atom. The second kappa shape index (κ2) is 4.71. The summed E-state index contributed by atoms with van der Waals surface area (Å²) in [4.78, 5) is 0. The molecule has 1 spiro atoms. The van der Waals surface area contributed by atoms with Crippen LogP contribution in [0.15, 0.2) is 11.6 Å². The molecule has 3 nitrogen and oxygen atoms in total. The first kappa shape index (κ1) is 11.7. The molecule has 2 heterocycles. The van der Waals surface area contributed by atoms with Gasteiger partial charge in [-0.15, -0.1) is 0 Å². The molecule has 0 radical (unpaired) electrons. The fraction of sp³-hybridized carbons (Fsp3) is 0.857. The van der Waals surface area contributed by atoms with Crippen LogP contribution in [0.3, 0.4) is 0 Å². The highest BCUT2D eigenvalue weighted by molar-refractivity contribution is 5.14. The van der Waals surface area contributed by atoms with E-state index in [2.05, 4.69) is 6.08 Å². The Hall–Kier alpha value is -0.380. The lowest BCUT2D eigenvalue weighted by molar-refractivity contribution is -0.0930. The van der Waals surface area contributed by atoms with E-state index in [1.165, 1.54) is 12.8 Å². The molecule has 0 amide bonds. The zero-order chi connectivity index (χ0) is 11.7. The molecule has 17 heavy (non-hydrogen) atoms. The standard InChI is InChI=1S/C14H23NO2/c15-13-3-1-11(2-4-13)12-5-7-17-14(9-12)6-8-16-10-14/h1,12-13H,2-10,15H2. The SMILES string of the molecule is NC1CC=C(C2CCOC3(CCOC3)C2)CC1. The first-order valence-corrected chi connectivity index (χ1v) is 6.94. The van der Waals surface area contributed by atoms with Crippen LogP contribution in [0.1, 0.15) is 38.5 Å². The van der Waals surface area contributed by atoms with Gasteiger partial charge in [-0.25, -0.2) is 0 Å². The molecule has 0 aromatic heterocycles. The van der Waals surface area contributed by atoms with Crippen LogP contribution >= 0.6 is 0 Å². The molecule has 0 aromatic carbocycles. The van der Waals surface area contributed by atoms with Gasteiger partial charge < -0.3 is 15.2 Å². The van der Waals surface area contributed by atoms with E-state index in [0.29, 0.717) is 6.04 Å². The second-order valence-corrected chi connectivity index (χ2v) is 5.84. The average Bonchev–Trinajstić information content (AvgIpc) is 2.78. The Morgan fingerprint density at radius 2 is 2.24 bits per heavy atom. The first-order valence-electron chi connectivity index (χ1n) is 6.94. The summed E-state index contributed by atoms with van der Waals surface area (Å²) in [6.45, 7) is 2.57. The van der Waals surface area contributed by atoms with Crippen molar-refractivity contribution < 1.29 is 9.47 Å². The van der Waals surface area contributed by atoms with Gasteiger partial charge in [0.25, 0.3) is 0 Å². The monoisotopic (exact) mass is 237 g/mol. The molecule has 0 aromatic rings. The van der Waals surface area contributed by atoms with Gasteiger partial charge in [0.15, 0.2) is 0 Å². The minimum atomic E-state index is 0.0450. The molecule has 2 N–H and O–H groups in total. The lowest BCUT2D eigenvalue weighted by Gasteiger charge is -2.39. The maximum absolute atomic E-state index is 5.99. The van der Waals surface area contributed by atoms with Crippen LogP contribution in [0.25, 0.3) is 0 Å². The van der Waals surface area contributed by atoms with Crippen LogP contribution in [0.2, 0.25) is 0 Å². The molecule has 3 heteroatoms. The van der Waals surface area contributed by atoms with Crippen LogP contribution in [0.5, 0.6) is 0 Å². The molecule has 1 aliphatic carbocycles. The number of allylic oxidation sites excluding steroid dienone is 1. The van der Waals surface area contributed by atoms with Crippen LogP contribution in [0, 0.1) is 5.92 Å². The van der Waals surface area contributed by atoms with E-state index in [4.69, 9.17) is 15.2 Å². The fourth-order valence-corrected chi connectivity index (χ4v) is 3.45. The van der Waals surface area contributed by atoms with E-state index in [9.17, 15) is 0 Å². The van der Waals surface area contributed by atoms with Crippen LogP contribution in [-0.4, -0.2) is 31.5 Å². The number of rotatable bonds is 1. The first-order chi connectivity index (χ1) is 8.27. The van der Waals surface area contributed by atoms with Gasteiger partial charge >= 0.3 is 0 Å². The average molecular weight is 237 g/mol. The van der Waals surface area contributed by atoms with Crippen LogP contribution in [-0.2, 0) is 9.47 Å². The highest BCUT2D eigenvalue weighted by Gasteiger charge is 2.41. The Labute approximate surface area is 103 Å². The molecule has 2 fully saturated rings. The molecule has 3 aliphatic rings. The quantitative estimate of drug-likeness (QED) is 0.710. The van der Waals surface area contributed by atoms with Crippen molar-refractivity contribution in [3.05, 3.63) is 11.6 Å². The number of nitrogens with two attached hydrogens (primary N) is 1. The van der Waals surface area contributed by atoms with Gasteiger partial charge in [0, 0.05) is 25.7 Å². The van der Waals surface area contributed by atoms with Crippen LogP contribution < -0.4 is 5.73 Å². The Bertz CT molecular complexity index is 307. The van der Waals surface area contributed by atoms with Crippen molar-refractivity contribution in [1.82, 2.24) is 0 Å². The van der Waals surface area contributed by atoms with Crippen LogP contribution in [0.4, 0.5) is 0 Å². The minimum Gasteiger partial charge on any atom is -0.378 e. The summed E-state index contributed by atoms with van der Waals surface area (Å²) in [5.74, 6) is 0.720. The number of hydrogen-bond acceptors (Lipinski definition) is 3. The Kier molecular flexibility index (Phi) is 3.24. The fourth-order valence-electron chi connectivity index (χ4n) is 3.45. The third kappa shape index (κ3) is 2.42. The zero-order valence-electron chi connectivity index (χ0n) is 10.5. The minimum absolute atomic E-state index is 0.0450. The lowest BCUT2D eigenvalue weighted by Crippen LogP contribution is -2.41. The smallest absolute Gasteiger partial charge is 0.0942 e. The molecule has 0 saturated carbocycles. The van der Waals surface area contributed by atoms with Gasteiger partial charge in [0.05, 0.1) is 12.2 Å². The molecular formula is C14H23NO2. The normalized spacial score (nSPS) is 42.8. The Morgan fingerprint density at radius 1 is 1.29 bits per heavy atom. The third-order valence-corrected chi connectivity index (χ3v) is 4.57. The zero-order valence-corrected chi connectivity index (χ0v) is 10.5. The number of hydrogen-bond donors (Lipinski definition) is 1. The Balaban J connectivity index is 1.67. The molecule has 2 saturated heterocycles. The van der Waals surface area contributed by atoms with Gasteiger partial charge in [-0.2, -0.15) is 0 Å². The summed E-state index contributed by atoms with van der Waals surface area (Å²) in [7, 11) is 0. The van der Waals surface area contributed by atoms with Crippen molar-refractivity contribution in [2.45, 2.75) is 50.2 Å². The van der Waals surface area contributed by atoms with Crippen molar-refractivity contribution >= 4 is 0 Å². The predicted molar refractivity (Wildman–Crippen MR) is 66.8 cm³/mol. The van der Waals surface area contributed by atoms with E-state index in [1.807, 2.05) is 0 Å². The molecule has 3 rings (SSSR count). The summed E-state index contributed by atoms with van der Waals surface area (Å²) in [6, 6.07) is 0.391. The number of ether oxygens (including phenoxy) is 2. The van der Waals surface area contributed by atoms with E-state index in [-0.39, 0.29) is 5.60 Å². The third-order valence-electron chi connectivity index (χ3n) is 4.57. The van der Waals surface area contributed by atoms with E-state index in [1.54, 1.807) is 5.57 Å². The maximum atomic E-state index is 5.99. The lowest BCUT2D eigenvalue weighted by atomic mass is 9.77. The molecule has 2 aliphatic heterocycles. The summed E-state index contributed by atoms with van der Waals surface area (Å²) in [5, 5.41) is 0. The maximum Gasteiger partial charge on any atom is 0.0942 e. The van der Waals surface area contributed by atoms with Gasteiger partial charge in [-0.3, -0.25) is 0 Å². The van der Waals surface area contributed by atoms with Gasteiger partial charge in [0.2, 0.25) is 0 Å². The molecule has 0 bridgehead atoms. The van der Waals surface area contributed by atoms with Gasteiger partial charge in [-0.05, 0) is 38.0 Å². The van der Waals surface area contributed by atoms with Gasteiger partial charge in [0.1, 0.15) is 0 Å². The van der Waals surface area contributed by atoms with Gasteiger partial charge in [-0.1, -0.05) is 11.6 Å². The summed E-state index contributed by atoms with van der Waals surface area (Å²) in [6.07, 6.45) is 9.24. The second-order valence-electron chi connectivity index (χ2n) is 5.84. The molecule has 3 atom stereocenters. The largest absolute Gasteiger partial charge is 0.378 e. The van der Waals surface area contributed by atoms with E-state index < -0.39 is 0 Å². The van der Waals surface area contributed by atoms with Crippen molar-refractivity contribution in [1.29, 1.82) is 0 Å². The van der Waals surface area contributed by atoms with E-state index in [0.717, 1.165) is 51.4 Å². The summed E-state index contributed by atoms with van der Waals surface area (Å²) >= 11 is 0. The predicted octanol–water partition coefficient (Wildman–Crippen LogP) is 2.01. The highest BCUT2D eigenvalue weighted by atomic mass is 16.6. The topological polar surface area (TPSA) is 44.5 Å². The van der Waals surface area contributed by atoms with Crippen molar-refractivity contribution in [2.24, 2.45) is 11.7 Å². The molecular weight excluding hydrogens is 214 g/mol. The summed E-state index contributed by atoms with van der Waals surface area (Å²) < 4.78 is 11.5. The highest BCUT2D eigenvalue weighted by Crippen LogP contribution is 2.40. The van der Waals surface area contributed by atoms with Crippen molar-refractivity contribution in [3.63, 3.8) is 0 Å². The van der Waals surface area contributed by atoms with Crippen molar-refractivity contribution in [2.75, 3.05) is 19.8 Å². The van der Waals surface area contributed by atoms with Crippen molar-refractivity contribution in [3.8, 4) is 0 Å². The van der Waals surface area contributed by atoms with E-state index >= 15 is 0 Å². The molecule has 96 valence electrons.